The molecule has 0 saturated heterocycles. The third-order valence-electron chi connectivity index (χ3n) is 2.36. The first-order chi connectivity index (χ1) is 9.49. The molecule has 0 amide bonds. The van der Waals surface area contributed by atoms with Crippen LogP contribution in [0.5, 0.6) is 0 Å². The molecule has 0 aliphatic rings. The summed E-state index contributed by atoms with van der Waals surface area (Å²) in [5.74, 6) is -0.932. The van der Waals surface area contributed by atoms with Gasteiger partial charge in [-0.15, -0.1) is 0 Å². The third-order valence-corrected chi connectivity index (χ3v) is 3.13. The first-order valence-corrected chi connectivity index (χ1v) is 6.42. The molecule has 0 bridgehead atoms. The molecule has 110 valence electrons. The van der Waals surface area contributed by atoms with Gasteiger partial charge in [-0.1, -0.05) is 0 Å². The molecule has 0 saturated carbocycles. The average Bonchev–Trinajstić information content (AvgIpc) is 2.45. The Balaban J connectivity index is 2.76. The molecule has 1 heterocycles. The van der Waals surface area contributed by atoms with Gasteiger partial charge >= 0.3 is 11.9 Å². The van der Waals surface area contributed by atoms with E-state index < -0.39 is 11.5 Å². The topological polar surface area (TPSA) is 99.5 Å². The number of methoxy groups -OCH3 is 2. The number of ether oxygens (including phenoxy) is 2. The van der Waals surface area contributed by atoms with Gasteiger partial charge in [0.05, 0.1) is 32.5 Å². The number of hydrogen-bond donors (Lipinski definition) is 1. The fourth-order valence-corrected chi connectivity index (χ4v) is 1.74. The highest BCUT2D eigenvalue weighted by Crippen LogP contribution is 2.15. The molecule has 0 spiro atoms. The monoisotopic (exact) mass is 347 g/mol. The maximum absolute atomic E-state index is 11.9. The first kappa shape index (κ1) is 16.2. The molecule has 1 aromatic heterocycles. The van der Waals surface area contributed by atoms with Crippen LogP contribution in [0.1, 0.15) is 6.42 Å². The number of nitrogens with one attached hydrogen (secondary N) is 1. The van der Waals surface area contributed by atoms with E-state index >= 15 is 0 Å². The van der Waals surface area contributed by atoms with E-state index in [1.165, 1.54) is 20.4 Å². The van der Waals surface area contributed by atoms with Crippen molar-refractivity contribution in [2.45, 2.75) is 13.0 Å². The van der Waals surface area contributed by atoms with Gasteiger partial charge in [-0.2, -0.15) is 5.10 Å². The van der Waals surface area contributed by atoms with Crippen LogP contribution in [0.25, 0.3) is 0 Å². The molecule has 8 nitrogen and oxygen atoms in total. The number of carbonyl (C=O) groups excluding carboxylic acids is 2. The van der Waals surface area contributed by atoms with Crippen molar-refractivity contribution in [2.24, 2.45) is 0 Å². The van der Waals surface area contributed by atoms with Gasteiger partial charge in [0.25, 0.3) is 5.56 Å². The molecule has 0 atom stereocenters. The maximum Gasteiger partial charge on any atom is 0.327 e. The summed E-state index contributed by atoms with van der Waals surface area (Å²) in [6.07, 6.45) is 1.54. The molecule has 9 heteroatoms. The van der Waals surface area contributed by atoms with Crippen LogP contribution in [0.4, 0.5) is 5.69 Å². The quantitative estimate of drug-likeness (QED) is 0.731. The van der Waals surface area contributed by atoms with Crippen molar-refractivity contribution in [2.75, 3.05) is 26.1 Å². The molecule has 0 aliphatic heterocycles. The molecule has 1 rings (SSSR count). The van der Waals surface area contributed by atoms with Gasteiger partial charge in [0, 0.05) is 6.54 Å². The van der Waals surface area contributed by atoms with Crippen molar-refractivity contribution in [1.82, 2.24) is 9.78 Å². The van der Waals surface area contributed by atoms with E-state index in [-0.39, 0.29) is 23.4 Å². The number of halogens is 1. The summed E-state index contributed by atoms with van der Waals surface area (Å²) in [4.78, 5) is 34.0. The van der Waals surface area contributed by atoms with Gasteiger partial charge in [0.2, 0.25) is 0 Å². The Morgan fingerprint density at radius 3 is 2.60 bits per heavy atom. The number of hydrogen-bond acceptors (Lipinski definition) is 7. The summed E-state index contributed by atoms with van der Waals surface area (Å²) in [7, 11) is 2.53. The standard InChI is InChI=1S/C11H14BrN3O5/c1-19-8(16)3-4-13-7-5-14-15(6-9(17)20-2)11(18)10(7)12/h5,13H,3-4,6H2,1-2H3. The minimum atomic E-state index is -0.571. The van der Waals surface area contributed by atoms with Crippen LogP contribution in [0.2, 0.25) is 0 Å². The number of aromatic nitrogens is 2. The highest BCUT2D eigenvalue weighted by Gasteiger charge is 2.11. The van der Waals surface area contributed by atoms with Crippen LogP contribution < -0.4 is 10.9 Å². The Kier molecular flexibility index (Phi) is 6.16. The Bertz CT molecular complexity index is 557. The van der Waals surface area contributed by atoms with E-state index in [1.807, 2.05) is 0 Å². The van der Waals surface area contributed by atoms with Crippen molar-refractivity contribution in [3.63, 3.8) is 0 Å². The van der Waals surface area contributed by atoms with Crippen LogP contribution >= 0.6 is 15.9 Å². The lowest BCUT2D eigenvalue weighted by Crippen LogP contribution is -2.28. The largest absolute Gasteiger partial charge is 0.469 e. The van der Waals surface area contributed by atoms with Gasteiger partial charge in [0.1, 0.15) is 11.0 Å². The summed E-state index contributed by atoms with van der Waals surface area (Å²) in [5.41, 5.74) is -0.0431. The van der Waals surface area contributed by atoms with Gasteiger partial charge in [-0.05, 0) is 15.9 Å². The van der Waals surface area contributed by atoms with E-state index in [0.717, 1.165) is 4.68 Å². The smallest absolute Gasteiger partial charge is 0.327 e. The molecule has 20 heavy (non-hydrogen) atoms. The van der Waals surface area contributed by atoms with Crippen LogP contribution in [0, 0.1) is 0 Å². The zero-order chi connectivity index (χ0) is 15.1. The molecule has 0 unspecified atom stereocenters. The lowest BCUT2D eigenvalue weighted by atomic mass is 10.4. The van der Waals surface area contributed by atoms with Crippen LogP contribution in [0.3, 0.4) is 0 Å². The third kappa shape index (κ3) is 4.34. The van der Waals surface area contributed by atoms with Crippen LogP contribution in [-0.4, -0.2) is 42.5 Å². The summed E-state index contributed by atoms with van der Waals surface area (Å²) >= 11 is 3.12. The van der Waals surface area contributed by atoms with Gasteiger partial charge in [-0.3, -0.25) is 14.4 Å². The minimum absolute atomic E-state index is 0.161. The minimum Gasteiger partial charge on any atom is -0.469 e. The fraction of sp³-hybridized carbons (Fsp3) is 0.455. The van der Waals surface area contributed by atoms with Crippen molar-refractivity contribution in [3.05, 3.63) is 21.0 Å². The molecule has 1 aromatic rings. The second kappa shape index (κ2) is 7.63. The van der Waals surface area contributed by atoms with Crippen molar-refractivity contribution in [1.29, 1.82) is 0 Å². The Labute approximate surface area is 123 Å². The lowest BCUT2D eigenvalue weighted by Gasteiger charge is -2.09. The number of rotatable bonds is 6. The highest BCUT2D eigenvalue weighted by molar-refractivity contribution is 9.10. The Morgan fingerprint density at radius 1 is 1.35 bits per heavy atom. The molecule has 0 aliphatic carbocycles. The zero-order valence-corrected chi connectivity index (χ0v) is 12.6. The summed E-state index contributed by atoms with van der Waals surface area (Å²) < 4.78 is 10.2. The second-order valence-electron chi connectivity index (χ2n) is 3.66. The van der Waals surface area contributed by atoms with Crippen LogP contribution in [-0.2, 0) is 25.6 Å². The summed E-state index contributed by atoms with van der Waals surface area (Å²) in [5, 5.41) is 6.71. The van der Waals surface area contributed by atoms with Gasteiger partial charge in [0.15, 0.2) is 0 Å². The first-order valence-electron chi connectivity index (χ1n) is 5.62. The normalized spacial score (nSPS) is 9.95. The SMILES string of the molecule is COC(=O)CCNc1cnn(CC(=O)OC)c(=O)c1Br. The number of carbonyl (C=O) groups is 2. The molecular weight excluding hydrogens is 334 g/mol. The Hall–Kier alpha value is -1.90. The van der Waals surface area contributed by atoms with Crippen molar-refractivity contribution < 1.29 is 19.1 Å². The fourth-order valence-electron chi connectivity index (χ4n) is 1.29. The Morgan fingerprint density at radius 2 is 2.00 bits per heavy atom. The van der Waals surface area contributed by atoms with E-state index in [0.29, 0.717) is 12.2 Å². The summed E-state index contributed by atoms with van der Waals surface area (Å²) in [6.45, 7) is 0.0315. The number of anilines is 1. The highest BCUT2D eigenvalue weighted by atomic mass is 79.9. The molecule has 0 fully saturated rings. The van der Waals surface area contributed by atoms with E-state index in [9.17, 15) is 14.4 Å². The maximum atomic E-state index is 11.9. The molecule has 0 radical (unpaired) electrons. The van der Waals surface area contributed by atoms with Crippen LogP contribution in [0.15, 0.2) is 15.5 Å². The predicted octanol–water partition coefficient (Wildman–Crippen LogP) is 0.154. The predicted molar refractivity (Wildman–Crippen MR) is 73.3 cm³/mol. The van der Waals surface area contributed by atoms with E-state index in [1.54, 1.807) is 0 Å². The molecule has 0 aromatic carbocycles. The average molecular weight is 348 g/mol. The van der Waals surface area contributed by atoms with Gasteiger partial charge < -0.3 is 14.8 Å². The van der Waals surface area contributed by atoms with Gasteiger partial charge in [-0.25, -0.2) is 4.68 Å². The summed E-state index contributed by atoms with van der Waals surface area (Å²) in [6, 6.07) is 0. The molecule has 1 N–H and O–H groups in total. The van der Waals surface area contributed by atoms with Crippen molar-refractivity contribution in [3.8, 4) is 0 Å². The van der Waals surface area contributed by atoms with E-state index in [2.05, 4.69) is 35.8 Å². The van der Waals surface area contributed by atoms with Crippen molar-refractivity contribution >= 4 is 33.6 Å². The second-order valence-corrected chi connectivity index (χ2v) is 4.46. The molecular formula is C11H14BrN3O5. The number of esters is 2. The van der Waals surface area contributed by atoms with E-state index in [4.69, 9.17) is 0 Å². The lowest BCUT2D eigenvalue weighted by molar-refractivity contribution is -0.142. The zero-order valence-electron chi connectivity index (χ0n) is 11.0. The number of nitrogens with zero attached hydrogens (tertiary/aromatic N) is 2.